The van der Waals surface area contributed by atoms with E-state index in [2.05, 4.69) is 41.7 Å². The van der Waals surface area contributed by atoms with Crippen LogP contribution in [0.15, 0.2) is 16.6 Å². The van der Waals surface area contributed by atoms with Gasteiger partial charge in [-0.15, -0.1) is 0 Å². The van der Waals surface area contributed by atoms with Gasteiger partial charge in [-0.3, -0.25) is 4.98 Å². The van der Waals surface area contributed by atoms with Crippen LogP contribution in [0.5, 0.6) is 0 Å². The minimum Gasteiger partial charge on any atom is -0.398 e. The van der Waals surface area contributed by atoms with Crippen LogP contribution in [-0.2, 0) is 5.41 Å². The van der Waals surface area contributed by atoms with Crippen molar-refractivity contribution < 1.29 is 0 Å². The van der Waals surface area contributed by atoms with Crippen LogP contribution >= 0.6 is 39.1 Å². The van der Waals surface area contributed by atoms with E-state index in [4.69, 9.17) is 28.9 Å². The van der Waals surface area contributed by atoms with Crippen LogP contribution in [0.3, 0.4) is 0 Å². The molecule has 2 N–H and O–H groups in total. The zero-order valence-corrected chi connectivity index (χ0v) is 13.4. The quantitative estimate of drug-likeness (QED) is 0.666. The first-order valence-corrected chi connectivity index (χ1v) is 7.01. The highest BCUT2D eigenvalue weighted by Crippen LogP contribution is 2.39. The molecule has 0 radical (unpaired) electrons. The van der Waals surface area contributed by atoms with Gasteiger partial charge in [0.05, 0.1) is 15.6 Å². The minimum absolute atomic E-state index is 0.0921. The van der Waals surface area contributed by atoms with Crippen LogP contribution in [0.25, 0.3) is 10.9 Å². The molecule has 0 aliphatic rings. The maximum absolute atomic E-state index is 6.25. The van der Waals surface area contributed by atoms with E-state index in [0.717, 1.165) is 15.6 Å². The van der Waals surface area contributed by atoms with Crippen LogP contribution in [0.2, 0.25) is 10.0 Å². The molecule has 0 aliphatic heterocycles. The lowest BCUT2D eigenvalue weighted by Crippen LogP contribution is -2.14. The summed E-state index contributed by atoms with van der Waals surface area (Å²) in [5.41, 5.74) is 8.19. The molecule has 0 amide bonds. The van der Waals surface area contributed by atoms with Gasteiger partial charge < -0.3 is 5.73 Å². The molecule has 1 aromatic heterocycles. The zero-order chi connectivity index (χ0) is 13.7. The number of anilines is 1. The Bertz CT molecular complexity index is 633. The number of aromatic nitrogens is 1. The van der Waals surface area contributed by atoms with Crippen LogP contribution in [0.4, 0.5) is 5.69 Å². The number of halogens is 3. The largest absolute Gasteiger partial charge is 0.398 e. The lowest BCUT2D eigenvalue weighted by molar-refractivity contribution is 0.572. The smallest absolute Gasteiger partial charge is 0.0928 e. The number of nitrogens with two attached hydrogens (primary N) is 1. The van der Waals surface area contributed by atoms with Crippen LogP contribution in [0, 0.1) is 0 Å². The number of fused-ring (bicyclic) bond motifs is 1. The number of nitrogens with zero attached hydrogens (tertiary/aromatic N) is 1. The second-order valence-corrected chi connectivity index (χ2v) is 6.84. The van der Waals surface area contributed by atoms with Crippen molar-refractivity contribution in [2.24, 2.45) is 0 Å². The van der Waals surface area contributed by atoms with E-state index in [1.807, 2.05) is 12.1 Å². The first-order chi connectivity index (χ1) is 8.21. The van der Waals surface area contributed by atoms with Crippen molar-refractivity contribution in [1.82, 2.24) is 4.98 Å². The summed E-state index contributed by atoms with van der Waals surface area (Å²) in [7, 11) is 0. The lowest BCUT2D eigenvalue weighted by Gasteiger charge is -2.19. The monoisotopic (exact) mass is 346 g/mol. The standard InChI is InChI=1S/C13H13BrCl2N2/c1-13(2,3)9-5-8(17)6-4-7(14)10(15)11(16)12(6)18-9/h4-5H,1-3H3,(H2,17,18). The molecule has 2 nitrogen and oxygen atoms in total. The minimum atomic E-state index is -0.0921. The van der Waals surface area contributed by atoms with Gasteiger partial charge in [0.15, 0.2) is 0 Å². The second-order valence-electron chi connectivity index (χ2n) is 5.23. The molecule has 0 saturated heterocycles. The molecule has 0 aliphatic carbocycles. The molecule has 1 aromatic carbocycles. The van der Waals surface area contributed by atoms with E-state index in [0.29, 0.717) is 21.2 Å². The molecule has 0 saturated carbocycles. The van der Waals surface area contributed by atoms with Crippen LogP contribution < -0.4 is 5.73 Å². The van der Waals surface area contributed by atoms with E-state index >= 15 is 0 Å². The number of pyridine rings is 1. The van der Waals surface area contributed by atoms with Crippen molar-refractivity contribution >= 4 is 55.7 Å². The fraction of sp³-hybridized carbons (Fsp3) is 0.308. The highest BCUT2D eigenvalue weighted by Gasteiger charge is 2.19. The Hall–Kier alpha value is -0.510. The van der Waals surface area contributed by atoms with Crippen LogP contribution in [-0.4, -0.2) is 4.98 Å². The van der Waals surface area contributed by atoms with Crippen molar-refractivity contribution in [1.29, 1.82) is 0 Å². The van der Waals surface area contributed by atoms with E-state index in [1.54, 1.807) is 0 Å². The predicted octanol–water partition coefficient (Wildman–Crippen LogP) is 5.18. The molecule has 0 atom stereocenters. The van der Waals surface area contributed by atoms with Crippen molar-refractivity contribution in [3.63, 3.8) is 0 Å². The Morgan fingerprint density at radius 1 is 1.17 bits per heavy atom. The maximum atomic E-state index is 6.25. The number of hydrogen-bond acceptors (Lipinski definition) is 2. The average molecular weight is 348 g/mol. The molecule has 5 heteroatoms. The molecule has 18 heavy (non-hydrogen) atoms. The molecule has 2 rings (SSSR count). The highest BCUT2D eigenvalue weighted by atomic mass is 79.9. The fourth-order valence-corrected chi connectivity index (χ4v) is 2.61. The van der Waals surface area contributed by atoms with Gasteiger partial charge in [0.1, 0.15) is 0 Å². The number of nitrogen functional groups attached to an aromatic ring is 1. The van der Waals surface area contributed by atoms with Gasteiger partial charge in [-0.1, -0.05) is 44.0 Å². The van der Waals surface area contributed by atoms with Crippen molar-refractivity contribution in [2.45, 2.75) is 26.2 Å². The molecular formula is C13H13BrCl2N2. The SMILES string of the molecule is CC(C)(C)c1cc(N)c2cc(Br)c(Cl)c(Cl)c2n1. The summed E-state index contributed by atoms with van der Waals surface area (Å²) in [6, 6.07) is 3.73. The van der Waals surface area contributed by atoms with Crippen molar-refractivity contribution in [2.75, 3.05) is 5.73 Å². The maximum Gasteiger partial charge on any atom is 0.0928 e. The second kappa shape index (κ2) is 4.55. The third-order valence-corrected chi connectivity index (χ3v) is 4.45. The van der Waals surface area contributed by atoms with E-state index < -0.39 is 0 Å². The van der Waals surface area contributed by atoms with Crippen molar-refractivity contribution in [3.8, 4) is 0 Å². The fourth-order valence-electron chi connectivity index (χ4n) is 1.68. The number of hydrogen-bond donors (Lipinski definition) is 1. The molecule has 0 unspecified atom stereocenters. The number of rotatable bonds is 0. The summed E-state index contributed by atoms with van der Waals surface area (Å²) < 4.78 is 0.721. The third-order valence-electron chi connectivity index (χ3n) is 2.74. The molecule has 1 heterocycles. The summed E-state index contributed by atoms with van der Waals surface area (Å²) in [5.74, 6) is 0. The Morgan fingerprint density at radius 2 is 1.78 bits per heavy atom. The van der Waals surface area contributed by atoms with Gasteiger partial charge in [-0.2, -0.15) is 0 Å². The molecule has 0 spiro atoms. The Balaban J connectivity index is 2.88. The lowest BCUT2D eigenvalue weighted by atomic mass is 9.91. The van der Waals surface area contributed by atoms with E-state index in [9.17, 15) is 0 Å². The molecular weight excluding hydrogens is 335 g/mol. The summed E-state index contributed by atoms with van der Waals surface area (Å²) >= 11 is 15.7. The Morgan fingerprint density at radius 3 is 2.33 bits per heavy atom. The highest BCUT2D eigenvalue weighted by molar-refractivity contribution is 9.10. The first kappa shape index (κ1) is 13.9. The number of benzene rings is 1. The van der Waals surface area contributed by atoms with E-state index in [1.165, 1.54) is 0 Å². The molecule has 0 bridgehead atoms. The summed E-state index contributed by atoms with van der Waals surface area (Å²) in [6.07, 6.45) is 0. The van der Waals surface area contributed by atoms with Gasteiger partial charge in [0.2, 0.25) is 0 Å². The summed E-state index contributed by atoms with van der Waals surface area (Å²) in [5, 5.41) is 1.70. The van der Waals surface area contributed by atoms with Gasteiger partial charge in [-0.05, 0) is 28.1 Å². The molecule has 96 valence electrons. The predicted molar refractivity (Wildman–Crippen MR) is 82.6 cm³/mol. The average Bonchev–Trinajstić information content (AvgIpc) is 2.26. The van der Waals surface area contributed by atoms with E-state index in [-0.39, 0.29) is 5.41 Å². The van der Waals surface area contributed by atoms with Gasteiger partial charge in [0, 0.05) is 26.7 Å². The normalized spacial score (nSPS) is 12.1. The third kappa shape index (κ3) is 2.31. The summed E-state index contributed by atoms with van der Waals surface area (Å²) in [4.78, 5) is 4.59. The topological polar surface area (TPSA) is 38.9 Å². The summed E-state index contributed by atoms with van der Waals surface area (Å²) in [6.45, 7) is 6.24. The van der Waals surface area contributed by atoms with Crippen molar-refractivity contribution in [3.05, 3.63) is 32.3 Å². The van der Waals surface area contributed by atoms with Gasteiger partial charge in [-0.25, -0.2) is 0 Å². The van der Waals surface area contributed by atoms with Gasteiger partial charge >= 0.3 is 0 Å². The zero-order valence-electron chi connectivity index (χ0n) is 10.3. The van der Waals surface area contributed by atoms with Gasteiger partial charge in [0.25, 0.3) is 0 Å². The Kier molecular flexibility index (Phi) is 3.52. The molecule has 0 fully saturated rings. The Labute approximate surface area is 125 Å². The molecule has 2 aromatic rings. The van der Waals surface area contributed by atoms with Crippen LogP contribution in [0.1, 0.15) is 26.5 Å². The first-order valence-electron chi connectivity index (χ1n) is 5.46.